The lowest BCUT2D eigenvalue weighted by atomic mass is 9.73. The number of aliphatic hydroxyl groups excluding tert-OH is 1. The molecule has 2 fully saturated rings. The number of hydrogen-bond acceptors (Lipinski definition) is 5. The van der Waals surface area contributed by atoms with Crippen LogP contribution in [-0.4, -0.2) is 82.7 Å². The highest BCUT2D eigenvalue weighted by Crippen LogP contribution is 2.58. The summed E-state index contributed by atoms with van der Waals surface area (Å²) in [5.41, 5.74) is 0.631. The molecule has 0 aliphatic carbocycles. The first-order valence-electron chi connectivity index (χ1n) is 14.9. The Balaban J connectivity index is 1.64. The topological polar surface area (TPSA) is 90.4 Å². The first kappa shape index (κ1) is 28.6. The molecule has 4 aliphatic rings. The van der Waals surface area contributed by atoms with Crippen LogP contribution in [-0.2, 0) is 19.1 Å². The maximum absolute atomic E-state index is 14.7. The van der Waals surface area contributed by atoms with Gasteiger partial charge in [0.25, 0.3) is 5.91 Å². The smallest absolute Gasteiger partial charge is 0.253 e. The molecule has 1 spiro atoms. The average Bonchev–Trinajstić information content (AvgIpc) is 3.22. The van der Waals surface area contributed by atoms with Gasteiger partial charge in [-0.25, -0.2) is 0 Å². The van der Waals surface area contributed by atoms with Crippen LogP contribution in [0.5, 0.6) is 0 Å². The fourth-order valence-electron chi connectivity index (χ4n) is 7.52. The Kier molecular flexibility index (Phi) is 7.94. The van der Waals surface area contributed by atoms with Crippen LogP contribution in [0.1, 0.15) is 57.1 Å². The van der Waals surface area contributed by atoms with Crippen molar-refractivity contribution in [1.29, 1.82) is 0 Å². The summed E-state index contributed by atoms with van der Waals surface area (Å²) in [6.45, 7) is 9.96. The number of aryl methyl sites for hydroxylation is 2. The zero-order valence-corrected chi connectivity index (χ0v) is 24.3. The maximum atomic E-state index is 14.7. The molecule has 1 unspecified atom stereocenters. The van der Waals surface area contributed by atoms with Crippen molar-refractivity contribution in [3.8, 4) is 0 Å². The molecular formula is C32H43N3O5. The minimum absolute atomic E-state index is 0.0681. The van der Waals surface area contributed by atoms with E-state index in [1.165, 1.54) is 0 Å². The summed E-state index contributed by atoms with van der Waals surface area (Å²) in [6, 6.07) is 5.09. The van der Waals surface area contributed by atoms with E-state index < -0.39 is 29.1 Å². The third kappa shape index (κ3) is 4.31. The molecule has 4 aliphatic heterocycles. The lowest BCUT2D eigenvalue weighted by molar-refractivity contribution is -0.150. The summed E-state index contributed by atoms with van der Waals surface area (Å²) < 4.78 is 7.05. The Morgan fingerprint density at radius 1 is 0.900 bits per heavy atom. The second-order valence-corrected chi connectivity index (χ2v) is 11.7. The Morgan fingerprint density at radius 2 is 1.62 bits per heavy atom. The van der Waals surface area contributed by atoms with Crippen LogP contribution in [0.3, 0.4) is 0 Å². The monoisotopic (exact) mass is 549 g/mol. The van der Waals surface area contributed by atoms with Gasteiger partial charge in [-0.15, -0.1) is 0 Å². The number of rotatable bonds is 9. The minimum Gasteiger partial charge on any atom is -0.396 e. The van der Waals surface area contributed by atoms with Gasteiger partial charge in [0, 0.05) is 38.5 Å². The largest absolute Gasteiger partial charge is 0.396 e. The predicted octanol–water partition coefficient (Wildman–Crippen LogP) is 3.54. The Bertz CT molecular complexity index is 1210. The molecule has 1 aromatic rings. The summed E-state index contributed by atoms with van der Waals surface area (Å²) in [5, 5.41) is 9.31. The van der Waals surface area contributed by atoms with E-state index in [2.05, 4.69) is 0 Å². The number of likely N-dealkylation sites (tertiary alicyclic amines) is 1. The van der Waals surface area contributed by atoms with E-state index in [9.17, 15) is 19.5 Å². The van der Waals surface area contributed by atoms with Gasteiger partial charge in [-0.3, -0.25) is 14.4 Å². The van der Waals surface area contributed by atoms with Crippen LogP contribution in [0.15, 0.2) is 42.5 Å². The highest BCUT2D eigenvalue weighted by Gasteiger charge is 2.75. The van der Waals surface area contributed by atoms with Crippen molar-refractivity contribution >= 4 is 23.4 Å². The van der Waals surface area contributed by atoms with E-state index >= 15 is 0 Å². The molecule has 2 saturated heterocycles. The standard InChI is InChI=1S/C32H43N3O5/c1-5-17-33-18-11-15-31(6-2)24(28(33)37)25-29(38)35(19-8-7-9-21-36)27-30(39)34(20-12-16-32(25,27)40-31)26-22(3)13-10-14-23(26)4/h10-16,24-25,27,36H,5-9,17-21H2,1-4H3/t24-,25-,27?,31+,32-/m0/s1. The van der Waals surface area contributed by atoms with E-state index in [4.69, 9.17) is 4.74 Å². The van der Waals surface area contributed by atoms with Crippen LogP contribution >= 0.6 is 0 Å². The molecule has 216 valence electrons. The van der Waals surface area contributed by atoms with Crippen LogP contribution in [0, 0.1) is 25.7 Å². The second-order valence-electron chi connectivity index (χ2n) is 11.7. The van der Waals surface area contributed by atoms with Crippen LogP contribution in [0.2, 0.25) is 0 Å². The normalized spacial score (nSPS) is 31.4. The zero-order chi connectivity index (χ0) is 28.7. The van der Waals surface area contributed by atoms with Gasteiger partial charge < -0.3 is 24.5 Å². The average molecular weight is 550 g/mol. The molecule has 0 saturated carbocycles. The molecule has 8 nitrogen and oxygen atoms in total. The number of nitrogens with zero attached hydrogens (tertiary/aromatic N) is 3. The number of carbonyl (C=O) groups is 3. The number of ether oxygens (including phenoxy) is 1. The Hall–Kier alpha value is -2.97. The van der Waals surface area contributed by atoms with Crippen molar-refractivity contribution in [1.82, 2.24) is 9.80 Å². The van der Waals surface area contributed by atoms with Gasteiger partial charge in [-0.1, -0.05) is 56.4 Å². The van der Waals surface area contributed by atoms with Crippen molar-refractivity contribution in [2.75, 3.05) is 37.7 Å². The zero-order valence-electron chi connectivity index (χ0n) is 24.3. The number of para-hydroxylation sites is 1. The highest BCUT2D eigenvalue weighted by molar-refractivity contribution is 6.06. The number of benzene rings is 1. The van der Waals surface area contributed by atoms with Gasteiger partial charge in [0.2, 0.25) is 11.8 Å². The maximum Gasteiger partial charge on any atom is 0.253 e. The summed E-state index contributed by atoms with van der Waals surface area (Å²) >= 11 is 0. The van der Waals surface area contributed by atoms with Gasteiger partial charge in [0.15, 0.2) is 0 Å². The number of carbonyl (C=O) groups excluding carboxylic acids is 3. The molecule has 5 atom stereocenters. The van der Waals surface area contributed by atoms with Crippen LogP contribution in [0.25, 0.3) is 0 Å². The van der Waals surface area contributed by atoms with Crippen molar-refractivity contribution in [3.05, 3.63) is 53.6 Å². The molecule has 0 aromatic heterocycles. The number of aliphatic hydroxyl groups is 1. The van der Waals surface area contributed by atoms with Gasteiger partial charge in [-0.2, -0.15) is 0 Å². The quantitative estimate of drug-likeness (QED) is 0.376. The summed E-state index contributed by atoms with van der Waals surface area (Å²) in [5.74, 6) is -1.92. The predicted molar refractivity (Wildman–Crippen MR) is 154 cm³/mol. The Morgan fingerprint density at radius 3 is 2.30 bits per heavy atom. The third-order valence-electron chi connectivity index (χ3n) is 9.28. The molecule has 3 amide bonds. The third-order valence-corrected chi connectivity index (χ3v) is 9.28. The van der Waals surface area contributed by atoms with Crippen molar-refractivity contribution in [2.45, 2.75) is 77.0 Å². The molecule has 40 heavy (non-hydrogen) atoms. The van der Waals surface area contributed by atoms with Gasteiger partial charge >= 0.3 is 0 Å². The molecule has 0 radical (unpaired) electrons. The minimum atomic E-state index is -1.24. The molecule has 8 heteroatoms. The summed E-state index contributed by atoms with van der Waals surface area (Å²) in [7, 11) is 0. The number of hydrogen-bond donors (Lipinski definition) is 1. The number of amides is 3. The number of anilines is 1. The molecule has 1 aromatic carbocycles. The van der Waals surface area contributed by atoms with Crippen molar-refractivity contribution < 1.29 is 24.2 Å². The van der Waals surface area contributed by atoms with Crippen LogP contribution in [0.4, 0.5) is 5.69 Å². The number of fused-ring (bicyclic) bond motifs is 2. The second kappa shape index (κ2) is 11.1. The van der Waals surface area contributed by atoms with Crippen LogP contribution < -0.4 is 4.90 Å². The summed E-state index contributed by atoms with van der Waals surface area (Å²) in [6.07, 6.45) is 11.2. The van der Waals surface area contributed by atoms with E-state index in [1.807, 2.05) is 75.1 Å². The highest BCUT2D eigenvalue weighted by atomic mass is 16.5. The van der Waals surface area contributed by atoms with Gasteiger partial charge in [0.05, 0.1) is 17.4 Å². The van der Waals surface area contributed by atoms with E-state index in [1.54, 1.807) is 9.80 Å². The molecule has 4 heterocycles. The first-order chi connectivity index (χ1) is 19.3. The lowest BCUT2D eigenvalue weighted by Gasteiger charge is -2.39. The van der Waals surface area contributed by atoms with Crippen molar-refractivity contribution in [3.63, 3.8) is 0 Å². The summed E-state index contributed by atoms with van der Waals surface area (Å²) in [4.78, 5) is 48.6. The van der Waals surface area contributed by atoms with E-state index in [0.29, 0.717) is 45.4 Å². The first-order valence-corrected chi connectivity index (χ1v) is 14.9. The van der Waals surface area contributed by atoms with E-state index in [-0.39, 0.29) is 24.3 Å². The van der Waals surface area contributed by atoms with Gasteiger partial charge in [-0.05, 0) is 57.1 Å². The SMILES string of the molecule is CCCN1CC=C[C@@]2(CC)O[C@]34C=CCN(c5c(C)cccc5C)C(=O)C3N(CCCCCO)C(=O)[C@@H]4[C@H]2C1=O. The Labute approximate surface area is 237 Å². The van der Waals surface area contributed by atoms with Crippen molar-refractivity contribution in [2.24, 2.45) is 11.8 Å². The fraction of sp³-hybridized carbons (Fsp3) is 0.594. The molecule has 0 bridgehead atoms. The van der Waals surface area contributed by atoms with E-state index in [0.717, 1.165) is 29.7 Å². The number of unbranched alkanes of at least 4 members (excludes halogenated alkanes) is 2. The molecule has 5 rings (SSSR count). The van der Waals surface area contributed by atoms with Gasteiger partial charge in [0.1, 0.15) is 11.6 Å². The lowest BCUT2D eigenvalue weighted by Crippen LogP contribution is -2.56. The fourth-order valence-corrected chi connectivity index (χ4v) is 7.52. The molecule has 1 N–H and O–H groups in total. The molecular weight excluding hydrogens is 506 g/mol.